The number of carbonyl (C=O) groups is 1. The van der Waals surface area contributed by atoms with E-state index >= 15 is 0 Å². The summed E-state index contributed by atoms with van der Waals surface area (Å²) in [5.74, 6) is -0.735. The molecule has 2 atom stereocenters. The van der Waals surface area contributed by atoms with E-state index in [2.05, 4.69) is 6.07 Å². The van der Waals surface area contributed by atoms with Crippen molar-refractivity contribution in [3.05, 3.63) is 35.4 Å². The summed E-state index contributed by atoms with van der Waals surface area (Å²) in [4.78, 5) is 11.2. The molecule has 88 valence electrons. The molecule has 2 unspecified atom stereocenters. The van der Waals surface area contributed by atoms with Crippen LogP contribution in [0.15, 0.2) is 24.3 Å². The highest BCUT2D eigenvalue weighted by Crippen LogP contribution is 2.21. The maximum absolute atomic E-state index is 11.2. The van der Waals surface area contributed by atoms with Crippen molar-refractivity contribution in [2.24, 2.45) is 11.8 Å². The zero-order valence-electron chi connectivity index (χ0n) is 10.2. The lowest BCUT2D eigenvalue weighted by molar-refractivity contribution is -0.143. The van der Waals surface area contributed by atoms with Gasteiger partial charge in [0, 0.05) is 0 Å². The Kier molecular flexibility index (Phi) is 4.53. The average Bonchev–Trinajstić information content (AvgIpc) is 2.24. The van der Waals surface area contributed by atoms with Crippen molar-refractivity contribution in [3.8, 4) is 0 Å². The van der Waals surface area contributed by atoms with Gasteiger partial charge in [-0.15, -0.1) is 0 Å². The lowest BCUT2D eigenvalue weighted by Gasteiger charge is -2.18. The number of benzene rings is 1. The Morgan fingerprint density at radius 2 is 2.12 bits per heavy atom. The van der Waals surface area contributed by atoms with Crippen molar-refractivity contribution in [1.82, 2.24) is 0 Å². The lowest BCUT2D eigenvalue weighted by Crippen LogP contribution is -2.23. The molecule has 2 nitrogen and oxygen atoms in total. The van der Waals surface area contributed by atoms with Gasteiger partial charge in [-0.25, -0.2) is 0 Å². The van der Waals surface area contributed by atoms with Gasteiger partial charge < -0.3 is 5.11 Å². The average molecular weight is 220 g/mol. The van der Waals surface area contributed by atoms with E-state index < -0.39 is 5.97 Å². The van der Waals surface area contributed by atoms with E-state index in [4.69, 9.17) is 0 Å². The van der Waals surface area contributed by atoms with Gasteiger partial charge in [-0.2, -0.15) is 0 Å². The molecule has 0 amide bonds. The summed E-state index contributed by atoms with van der Waals surface area (Å²) in [6.07, 6.45) is 1.54. The number of carboxylic acid groups (broad SMARTS) is 1. The third-order valence-corrected chi connectivity index (χ3v) is 3.19. The summed E-state index contributed by atoms with van der Waals surface area (Å²) in [6, 6.07) is 8.09. The molecule has 0 bridgehead atoms. The summed E-state index contributed by atoms with van der Waals surface area (Å²) < 4.78 is 0. The van der Waals surface area contributed by atoms with E-state index in [1.54, 1.807) is 0 Å². The van der Waals surface area contributed by atoms with Crippen LogP contribution in [0, 0.1) is 18.8 Å². The van der Waals surface area contributed by atoms with E-state index in [1.807, 2.05) is 39.0 Å². The number of aliphatic carboxylic acids is 1. The summed E-state index contributed by atoms with van der Waals surface area (Å²) in [7, 11) is 0. The second kappa shape index (κ2) is 5.69. The largest absolute Gasteiger partial charge is 0.481 e. The number of rotatable bonds is 5. The van der Waals surface area contributed by atoms with E-state index in [1.165, 1.54) is 5.56 Å². The zero-order valence-corrected chi connectivity index (χ0v) is 10.2. The van der Waals surface area contributed by atoms with Crippen molar-refractivity contribution in [2.75, 3.05) is 0 Å². The number of aryl methyl sites for hydroxylation is 1. The van der Waals surface area contributed by atoms with Crippen LogP contribution in [0.1, 0.15) is 31.4 Å². The lowest BCUT2D eigenvalue weighted by atomic mass is 9.86. The first-order valence-electron chi connectivity index (χ1n) is 5.83. The van der Waals surface area contributed by atoms with Crippen LogP contribution in [0.25, 0.3) is 0 Å². The van der Waals surface area contributed by atoms with Gasteiger partial charge in [0.2, 0.25) is 0 Å². The normalized spacial score (nSPS) is 14.4. The van der Waals surface area contributed by atoms with Gasteiger partial charge >= 0.3 is 5.97 Å². The van der Waals surface area contributed by atoms with E-state index in [9.17, 15) is 9.90 Å². The van der Waals surface area contributed by atoms with Crippen LogP contribution >= 0.6 is 0 Å². The molecule has 1 aromatic carbocycles. The maximum atomic E-state index is 11.2. The zero-order chi connectivity index (χ0) is 12.1. The molecule has 0 heterocycles. The minimum Gasteiger partial charge on any atom is -0.481 e. The quantitative estimate of drug-likeness (QED) is 0.826. The predicted molar refractivity (Wildman–Crippen MR) is 65.5 cm³/mol. The van der Waals surface area contributed by atoms with Crippen molar-refractivity contribution < 1.29 is 9.90 Å². The number of hydrogen-bond donors (Lipinski definition) is 1. The van der Waals surface area contributed by atoms with Crippen LogP contribution in [-0.4, -0.2) is 11.1 Å². The fourth-order valence-electron chi connectivity index (χ4n) is 1.91. The van der Waals surface area contributed by atoms with Gasteiger partial charge in [0.25, 0.3) is 0 Å². The minimum absolute atomic E-state index is 0.220. The van der Waals surface area contributed by atoms with Crippen molar-refractivity contribution in [1.29, 1.82) is 0 Å². The Morgan fingerprint density at radius 3 is 2.62 bits per heavy atom. The molecule has 0 aliphatic heterocycles. The third kappa shape index (κ3) is 3.37. The highest BCUT2D eigenvalue weighted by Gasteiger charge is 2.23. The van der Waals surface area contributed by atoms with Crippen molar-refractivity contribution in [2.45, 2.75) is 33.6 Å². The van der Waals surface area contributed by atoms with Crippen LogP contribution in [0.3, 0.4) is 0 Å². The van der Waals surface area contributed by atoms with E-state index in [0.717, 1.165) is 12.0 Å². The molecule has 0 aromatic heterocycles. The van der Waals surface area contributed by atoms with E-state index in [-0.39, 0.29) is 11.8 Å². The summed E-state index contributed by atoms with van der Waals surface area (Å²) in [5.41, 5.74) is 2.30. The predicted octanol–water partition coefficient (Wildman–Crippen LogP) is 3.28. The highest BCUT2D eigenvalue weighted by molar-refractivity contribution is 5.70. The smallest absolute Gasteiger partial charge is 0.307 e. The standard InChI is InChI=1S/C14H20O2/c1-4-11(3)13(14(15)16)9-12-7-5-6-10(2)8-12/h5-8,11,13H,4,9H2,1-3H3,(H,15,16). The summed E-state index contributed by atoms with van der Waals surface area (Å²) in [6.45, 7) is 6.08. The van der Waals surface area contributed by atoms with Crippen LogP contribution in [0.2, 0.25) is 0 Å². The van der Waals surface area contributed by atoms with Gasteiger partial charge in [0.1, 0.15) is 0 Å². The number of hydrogen-bond acceptors (Lipinski definition) is 1. The molecule has 0 aliphatic carbocycles. The van der Waals surface area contributed by atoms with Crippen molar-refractivity contribution in [3.63, 3.8) is 0 Å². The Bertz CT molecular complexity index is 358. The van der Waals surface area contributed by atoms with Crippen LogP contribution in [0.4, 0.5) is 0 Å². The Morgan fingerprint density at radius 1 is 1.44 bits per heavy atom. The molecule has 2 heteroatoms. The summed E-state index contributed by atoms with van der Waals surface area (Å²) in [5, 5.41) is 9.21. The molecule has 16 heavy (non-hydrogen) atoms. The molecular weight excluding hydrogens is 200 g/mol. The first-order chi connectivity index (χ1) is 7.54. The highest BCUT2D eigenvalue weighted by atomic mass is 16.4. The topological polar surface area (TPSA) is 37.3 Å². The number of carboxylic acids is 1. The van der Waals surface area contributed by atoms with E-state index in [0.29, 0.717) is 6.42 Å². The van der Waals surface area contributed by atoms with Gasteiger partial charge in [0.05, 0.1) is 5.92 Å². The molecule has 1 aromatic rings. The fourth-order valence-corrected chi connectivity index (χ4v) is 1.91. The molecule has 0 saturated carbocycles. The first-order valence-corrected chi connectivity index (χ1v) is 5.83. The second-order valence-corrected chi connectivity index (χ2v) is 4.52. The Balaban J connectivity index is 2.79. The molecule has 0 spiro atoms. The molecule has 0 saturated heterocycles. The Hall–Kier alpha value is -1.31. The van der Waals surface area contributed by atoms with Gasteiger partial charge in [-0.05, 0) is 24.8 Å². The van der Waals surface area contributed by atoms with Crippen LogP contribution in [-0.2, 0) is 11.2 Å². The van der Waals surface area contributed by atoms with Gasteiger partial charge in [-0.1, -0.05) is 50.1 Å². The molecular formula is C14H20O2. The molecule has 0 fully saturated rings. The first kappa shape index (κ1) is 12.8. The third-order valence-electron chi connectivity index (χ3n) is 3.19. The molecule has 0 aliphatic rings. The van der Waals surface area contributed by atoms with Crippen molar-refractivity contribution >= 4 is 5.97 Å². The second-order valence-electron chi connectivity index (χ2n) is 4.52. The minimum atomic E-state index is -0.684. The molecule has 0 radical (unpaired) electrons. The summed E-state index contributed by atoms with van der Waals surface area (Å²) >= 11 is 0. The molecule has 1 rings (SSSR count). The van der Waals surface area contributed by atoms with Gasteiger partial charge in [-0.3, -0.25) is 4.79 Å². The van der Waals surface area contributed by atoms with Gasteiger partial charge in [0.15, 0.2) is 0 Å². The van der Waals surface area contributed by atoms with Crippen LogP contribution in [0.5, 0.6) is 0 Å². The monoisotopic (exact) mass is 220 g/mol. The Labute approximate surface area is 97.3 Å². The molecule has 1 N–H and O–H groups in total. The maximum Gasteiger partial charge on any atom is 0.307 e. The fraction of sp³-hybridized carbons (Fsp3) is 0.500. The SMILES string of the molecule is CCC(C)C(Cc1cccc(C)c1)C(=O)O. The van der Waals surface area contributed by atoms with Crippen LogP contribution < -0.4 is 0 Å².